The minimum Gasteiger partial charge on any atom is -0.292 e. The SMILES string of the molecule is C#CCN1CCC([CH2])CC1. The van der Waals surface area contributed by atoms with Crippen molar-refractivity contribution in [3.05, 3.63) is 6.92 Å². The van der Waals surface area contributed by atoms with Crippen LogP contribution in [-0.2, 0) is 0 Å². The Morgan fingerprint density at radius 3 is 2.60 bits per heavy atom. The molecule has 0 spiro atoms. The van der Waals surface area contributed by atoms with Gasteiger partial charge in [0.25, 0.3) is 0 Å². The Kier molecular flexibility index (Phi) is 2.77. The van der Waals surface area contributed by atoms with Gasteiger partial charge in [-0.15, -0.1) is 6.42 Å². The highest BCUT2D eigenvalue weighted by Crippen LogP contribution is 2.14. The van der Waals surface area contributed by atoms with Crippen molar-refractivity contribution in [2.45, 2.75) is 12.8 Å². The first kappa shape index (κ1) is 7.63. The molecule has 0 atom stereocenters. The number of likely N-dealkylation sites (tertiary alicyclic amines) is 1. The fourth-order valence-corrected chi connectivity index (χ4v) is 1.27. The summed E-state index contributed by atoms with van der Waals surface area (Å²) < 4.78 is 0. The maximum Gasteiger partial charge on any atom is 0.0598 e. The highest BCUT2D eigenvalue weighted by Gasteiger charge is 2.13. The minimum absolute atomic E-state index is 0.661. The third kappa shape index (κ3) is 2.04. The van der Waals surface area contributed by atoms with Crippen molar-refractivity contribution in [2.24, 2.45) is 5.92 Å². The highest BCUT2D eigenvalue weighted by molar-refractivity contribution is 4.89. The monoisotopic (exact) mass is 136 g/mol. The smallest absolute Gasteiger partial charge is 0.0598 e. The molecule has 1 aliphatic heterocycles. The lowest BCUT2D eigenvalue weighted by Gasteiger charge is -2.28. The summed E-state index contributed by atoms with van der Waals surface area (Å²) in [6.07, 6.45) is 7.61. The van der Waals surface area contributed by atoms with Gasteiger partial charge in [0.1, 0.15) is 0 Å². The minimum atomic E-state index is 0.661. The Balaban J connectivity index is 2.21. The molecular weight excluding hydrogens is 122 g/mol. The molecule has 1 heteroatoms. The molecule has 10 heavy (non-hydrogen) atoms. The quantitative estimate of drug-likeness (QED) is 0.489. The van der Waals surface area contributed by atoms with Crippen molar-refractivity contribution in [3.63, 3.8) is 0 Å². The molecule has 1 fully saturated rings. The van der Waals surface area contributed by atoms with Crippen LogP contribution in [0.3, 0.4) is 0 Å². The number of hydrogen-bond acceptors (Lipinski definition) is 1. The van der Waals surface area contributed by atoms with E-state index in [4.69, 9.17) is 6.42 Å². The van der Waals surface area contributed by atoms with Crippen molar-refractivity contribution in [2.75, 3.05) is 19.6 Å². The Hall–Kier alpha value is -0.480. The molecule has 1 rings (SSSR count). The van der Waals surface area contributed by atoms with Gasteiger partial charge in [-0.2, -0.15) is 0 Å². The highest BCUT2D eigenvalue weighted by atomic mass is 15.1. The second-order valence-electron chi connectivity index (χ2n) is 2.92. The standard InChI is InChI=1S/C9H14N/c1-3-6-10-7-4-9(2)5-8-10/h1,9H,2,4-8H2. The lowest BCUT2D eigenvalue weighted by Crippen LogP contribution is -2.33. The van der Waals surface area contributed by atoms with Gasteiger partial charge in [-0.1, -0.05) is 12.8 Å². The van der Waals surface area contributed by atoms with Gasteiger partial charge < -0.3 is 0 Å². The number of piperidine rings is 1. The summed E-state index contributed by atoms with van der Waals surface area (Å²) >= 11 is 0. The van der Waals surface area contributed by atoms with Crippen LogP contribution in [0.4, 0.5) is 0 Å². The molecule has 0 bridgehead atoms. The third-order valence-electron chi connectivity index (χ3n) is 2.02. The summed E-state index contributed by atoms with van der Waals surface area (Å²) in [6, 6.07) is 0. The first-order valence-electron chi connectivity index (χ1n) is 3.82. The number of rotatable bonds is 1. The van der Waals surface area contributed by atoms with Gasteiger partial charge in [-0.25, -0.2) is 0 Å². The molecular formula is C9H14N. The van der Waals surface area contributed by atoms with Gasteiger partial charge in [0.05, 0.1) is 6.54 Å². The molecule has 0 aromatic rings. The van der Waals surface area contributed by atoms with Crippen LogP contribution in [0.15, 0.2) is 0 Å². The van der Waals surface area contributed by atoms with E-state index in [1.165, 1.54) is 12.8 Å². The second-order valence-corrected chi connectivity index (χ2v) is 2.92. The van der Waals surface area contributed by atoms with Crippen molar-refractivity contribution in [1.29, 1.82) is 0 Å². The number of nitrogens with zero attached hydrogens (tertiary/aromatic N) is 1. The van der Waals surface area contributed by atoms with Gasteiger partial charge in [-0.05, 0) is 31.8 Å². The lowest BCUT2D eigenvalue weighted by atomic mass is 9.99. The zero-order valence-corrected chi connectivity index (χ0v) is 6.34. The molecule has 1 aliphatic rings. The van der Waals surface area contributed by atoms with E-state index in [0.29, 0.717) is 5.92 Å². The first-order chi connectivity index (χ1) is 4.83. The molecule has 0 amide bonds. The number of hydrogen-bond donors (Lipinski definition) is 0. The lowest BCUT2D eigenvalue weighted by molar-refractivity contribution is 0.224. The average Bonchev–Trinajstić information content (AvgIpc) is 1.95. The van der Waals surface area contributed by atoms with E-state index in [0.717, 1.165) is 19.6 Å². The fraction of sp³-hybridized carbons (Fsp3) is 0.667. The van der Waals surface area contributed by atoms with E-state index in [1.807, 2.05) is 0 Å². The largest absolute Gasteiger partial charge is 0.292 e. The van der Waals surface area contributed by atoms with Gasteiger partial charge in [0.2, 0.25) is 0 Å². The van der Waals surface area contributed by atoms with Crippen LogP contribution in [0.1, 0.15) is 12.8 Å². The van der Waals surface area contributed by atoms with Crippen LogP contribution in [0.5, 0.6) is 0 Å². The molecule has 1 radical (unpaired) electrons. The Morgan fingerprint density at radius 2 is 2.10 bits per heavy atom. The molecule has 0 N–H and O–H groups in total. The zero-order chi connectivity index (χ0) is 7.40. The Labute approximate surface area is 63.4 Å². The molecule has 0 aromatic heterocycles. The van der Waals surface area contributed by atoms with Crippen LogP contribution in [-0.4, -0.2) is 24.5 Å². The van der Waals surface area contributed by atoms with E-state index in [9.17, 15) is 0 Å². The van der Waals surface area contributed by atoms with Crippen LogP contribution < -0.4 is 0 Å². The fourth-order valence-electron chi connectivity index (χ4n) is 1.27. The maximum absolute atomic E-state index is 5.19. The van der Waals surface area contributed by atoms with Crippen molar-refractivity contribution >= 4 is 0 Å². The predicted octanol–water partition coefficient (Wildman–Crippen LogP) is 1.17. The molecule has 0 aromatic carbocycles. The molecule has 0 unspecified atom stereocenters. The molecule has 55 valence electrons. The van der Waals surface area contributed by atoms with Crippen LogP contribution in [0.25, 0.3) is 0 Å². The van der Waals surface area contributed by atoms with Crippen molar-refractivity contribution in [3.8, 4) is 12.3 Å². The summed E-state index contributed by atoms with van der Waals surface area (Å²) in [7, 11) is 0. The maximum atomic E-state index is 5.19. The molecule has 1 saturated heterocycles. The summed E-state index contributed by atoms with van der Waals surface area (Å²) in [5.74, 6) is 3.32. The summed E-state index contributed by atoms with van der Waals surface area (Å²) in [5.41, 5.74) is 0. The van der Waals surface area contributed by atoms with E-state index >= 15 is 0 Å². The van der Waals surface area contributed by atoms with Crippen LogP contribution in [0, 0.1) is 25.2 Å². The molecule has 1 nitrogen and oxygen atoms in total. The van der Waals surface area contributed by atoms with Crippen LogP contribution in [0.2, 0.25) is 0 Å². The van der Waals surface area contributed by atoms with Gasteiger partial charge in [0.15, 0.2) is 0 Å². The van der Waals surface area contributed by atoms with Gasteiger partial charge in [0, 0.05) is 0 Å². The Morgan fingerprint density at radius 1 is 1.50 bits per heavy atom. The van der Waals surface area contributed by atoms with Gasteiger partial charge >= 0.3 is 0 Å². The second kappa shape index (κ2) is 3.63. The zero-order valence-electron chi connectivity index (χ0n) is 6.34. The van der Waals surface area contributed by atoms with E-state index in [1.54, 1.807) is 0 Å². The summed E-state index contributed by atoms with van der Waals surface area (Å²) in [5, 5.41) is 0. The van der Waals surface area contributed by atoms with Crippen LogP contribution >= 0.6 is 0 Å². The molecule has 0 saturated carbocycles. The van der Waals surface area contributed by atoms with Crippen molar-refractivity contribution in [1.82, 2.24) is 4.90 Å². The topological polar surface area (TPSA) is 3.24 Å². The van der Waals surface area contributed by atoms with Crippen molar-refractivity contribution < 1.29 is 0 Å². The third-order valence-corrected chi connectivity index (χ3v) is 2.02. The normalized spacial score (nSPS) is 22.4. The molecule has 1 heterocycles. The first-order valence-corrected chi connectivity index (χ1v) is 3.82. The summed E-state index contributed by atoms with van der Waals surface area (Å²) in [6.45, 7) is 7.10. The number of terminal acetylenes is 1. The predicted molar refractivity (Wildman–Crippen MR) is 43.4 cm³/mol. The van der Waals surface area contributed by atoms with Gasteiger partial charge in [-0.3, -0.25) is 4.90 Å². The summed E-state index contributed by atoms with van der Waals surface area (Å²) in [4.78, 5) is 2.31. The van der Waals surface area contributed by atoms with E-state index < -0.39 is 0 Å². The van der Waals surface area contributed by atoms with E-state index in [2.05, 4.69) is 17.7 Å². The van der Waals surface area contributed by atoms with E-state index in [-0.39, 0.29) is 0 Å². The molecule has 0 aliphatic carbocycles. The Bertz CT molecular complexity index is 126. The average molecular weight is 136 g/mol.